The predicted molar refractivity (Wildman–Crippen MR) is 165 cm³/mol. The van der Waals surface area contributed by atoms with E-state index in [9.17, 15) is 9.59 Å². The maximum atomic E-state index is 13.3. The van der Waals surface area contributed by atoms with E-state index in [1.807, 2.05) is 80.9 Å². The molecule has 0 radical (unpaired) electrons. The summed E-state index contributed by atoms with van der Waals surface area (Å²) in [5, 5.41) is 6.03. The van der Waals surface area contributed by atoms with Crippen LogP contribution in [-0.2, 0) is 11.3 Å². The minimum absolute atomic E-state index is 0.00119. The molecule has 1 saturated heterocycles. The van der Waals surface area contributed by atoms with Gasteiger partial charge in [-0.3, -0.25) is 14.7 Å². The van der Waals surface area contributed by atoms with Gasteiger partial charge in [0.2, 0.25) is 0 Å². The number of carbonyl (C=O) groups is 2. The van der Waals surface area contributed by atoms with Crippen LogP contribution >= 0.6 is 0 Å². The highest BCUT2D eigenvalue weighted by molar-refractivity contribution is 6.03. The molecule has 1 atom stereocenters. The Balaban J connectivity index is 1.32. The summed E-state index contributed by atoms with van der Waals surface area (Å²) in [6, 6.07) is 18.7. The van der Waals surface area contributed by atoms with Gasteiger partial charge in [0.15, 0.2) is 0 Å². The zero-order chi connectivity index (χ0) is 30.4. The summed E-state index contributed by atoms with van der Waals surface area (Å²) in [5.41, 5.74) is 3.13. The Morgan fingerprint density at radius 3 is 2.58 bits per heavy atom. The van der Waals surface area contributed by atoms with Gasteiger partial charge in [-0.25, -0.2) is 9.78 Å². The number of hydrogen-bond acceptors (Lipinski definition) is 7. The number of piperidine rings is 1. The van der Waals surface area contributed by atoms with Crippen LogP contribution in [0.3, 0.4) is 0 Å². The van der Waals surface area contributed by atoms with E-state index in [1.54, 1.807) is 24.7 Å². The van der Waals surface area contributed by atoms with E-state index in [1.165, 1.54) is 0 Å². The zero-order valence-corrected chi connectivity index (χ0v) is 25.0. The molecule has 0 saturated carbocycles. The van der Waals surface area contributed by atoms with Crippen LogP contribution in [0.4, 0.5) is 10.5 Å². The number of alkyl carbamates (subject to hydrolysis) is 1. The number of pyridine rings is 1. The molecule has 2 amide bonds. The van der Waals surface area contributed by atoms with Crippen LogP contribution in [0.25, 0.3) is 5.69 Å². The van der Waals surface area contributed by atoms with Crippen molar-refractivity contribution >= 4 is 17.7 Å². The number of rotatable bonds is 8. The van der Waals surface area contributed by atoms with Crippen LogP contribution in [-0.4, -0.2) is 56.2 Å². The van der Waals surface area contributed by atoms with E-state index in [2.05, 4.69) is 31.6 Å². The molecule has 10 heteroatoms. The molecular formula is C33H38N6O4. The van der Waals surface area contributed by atoms with Gasteiger partial charge in [-0.05, 0) is 89.0 Å². The van der Waals surface area contributed by atoms with Crippen molar-refractivity contribution in [1.29, 1.82) is 0 Å². The number of nitrogens with zero attached hydrogens (tertiary/aromatic N) is 4. The van der Waals surface area contributed by atoms with Gasteiger partial charge >= 0.3 is 6.09 Å². The van der Waals surface area contributed by atoms with Gasteiger partial charge < -0.3 is 24.7 Å². The van der Waals surface area contributed by atoms with E-state index in [0.29, 0.717) is 30.3 Å². The second-order valence-electron chi connectivity index (χ2n) is 11.8. The van der Waals surface area contributed by atoms with Crippen LogP contribution in [0, 0.1) is 6.92 Å². The highest BCUT2D eigenvalue weighted by atomic mass is 16.6. The third-order valence-corrected chi connectivity index (χ3v) is 6.82. The van der Waals surface area contributed by atoms with Crippen molar-refractivity contribution in [2.45, 2.75) is 58.7 Å². The molecule has 2 aromatic carbocycles. The quantitative estimate of drug-likeness (QED) is 0.258. The molecule has 224 valence electrons. The monoisotopic (exact) mass is 582 g/mol. The Morgan fingerprint density at radius 1 is 1.02 bits per heavy atom. The maximum Gasteiger partial charge on any atom is 0.407 e. The summed E-state index contributed by atoms with van der Waals surface area (Å²) < 4.78 is 13.3. The molecule has 10 nitrogen and oxygen atoms in total. The van der Waals surface area contributed by atoms with Crippen molar-refractivity contribution in [2.24, 2.45) is 0 Å². The molecule has 0 aliphatic carbocycles. The highest BCUT2D eigenvalue weighted by Gasteiger charge is 2.24. The van der Waals surface area contributed by atoms with Gasteiger partial charge in [0.05, 0.1) is 12.0 Å². The average molecular weight is 583 g/mol. The molecule has 1 fully saturated rings. The first-order valence-electron chi connectivity index (χ1n) is 14.5. The van der Waals surface area contributed by atoms with Crippen LogP contribution in [0.1, 0.15) is 55.4 Å². The molecule has 1 aliphatic rings. The summed E-state index contributed by atoms with van der Waals surface area (Å²) in [6.45, 7) is 9.76. The number of benzene rings is 2. The average Bonchev–Trinajstić information content (AvgIpc) is 3.39. The van der Waals surface area contributed by atoms with Crippen LogP contribution in [0.2, 0.25) is 0 Å². The van der Waals surface area contributed by atoms with Crippen molar-refractivity contribution in [3.8, 4) is 17.2 Å². The Kier molecular flexibility index (Phi) is 9.06. The van der Waals surface area contributed by atoms with Crippen molar-refractivity contribution in [3.63, 3.8) is 0 Å². The van der Waals surface area contributed by atoms with Gasteiger partial charge in [-0.15, -0.1) is 0 Å². The molecule has 0 bridgehead atoms. The first-order chi connectivity index (χ1) is 20.6. The highest BCUT2D eigenvalue weighted by Crippen LogP contribution is 2.24. The van der Waals surface area contributed by atoms with Crippen molar-refractivity contribution in [1.82, 2.24) is 24.8 Å². The second-order valence-corrected chi connectivity index (χ2v) is 11.8. The van der Waals surface area contributed by atoms with Gasteiger partial charge in [-0.1, -0.05) is 18.2 Å². The third-order valence-electron chi connectivity index (χ3n) is 6.82. The van der Waals surface area contributed by atoms with Crippen LogP contribution in [0.5, 0.6) is 11.5 Å². The second kappa shape index (κ2) is 13.1. The number of ether oxygens (including phenoxy) is 2. The number of amides is 2. The number of likely N-dealkylation sites (tertiary alicyclic amines) is 1. The number of imidazole rings is 1. The predicted octanol–water partition coefficient (Wildman–Crippen LogP) is 6.11. The maximum absolute atomic E-state index is 13.3. The molecule has 5 rings (SSSR count). The molecule has 4 aromatic rings. The van der Waals surface area contributed by atoms with Crippen LogP contribution < -0.4 is 15.4 Å². The molecule has 0 unspecified atom stereocenters. The van der Waals surface area contributed by atoms with Gasteiger partial charge in [0.25, 0.3) is 5.91 Å². The molecule has 1 aliphatic heterocycles. The number of carbonyl (C=O) groups excluding carboxylic acids is 2. The SMILES string of the molecule is Cc1cn(-c2cc(CN3CCC[C@H](NC(=O)OC(C)(C)C)C3)cc(NC(=O)c3cc(Oc4ccccc4)ccn3)c2)cn1. The lowest BCUT2D eigenvalue weighted by atomic mass is 10.0. The number of nitrogens with one attached hydrogen (secondary N) is 2. The van der Waals surface area contributed by atoms with E-state index in [0.717, 1.165) is 36.3 Å². The normalized spacial score (nSPS) is 15.5. The fourth-order valence-corrected chi connectivity index (χ4v) is 5.02. The van der Waals surface area contributed by atoms with E-state index < -0.39 is 11.7 Å². The summed E-state index contributed by atoms with van der Waals surface area (Å²) in [4.78, 5) is 36.6. The largest absolute Gasteiger partial charge is 0.457 e. The number of aromatic nitrogens is 3. The lowest BCUT2D eigenvalue weighted by molar-refractivity contribution is 0.0470. The van der Waals surface area contributed by atoms with Crippen molar-refractivity contribution in [2.75, 3.05) is 18.4 Å². The first kappa shape index (κ1) is 29.8. The molecule has 43 heavy (non-hydrogen) atoms. The number of aryl methyl sites for hydroxylation is 1. The number of hydrogen-bond donors (Lipinski definition) is 2. The Labute approximate surface area is 252 Å². The van der Waals surface area contributed by atoms with E-state index in [4.69, 9.17) is 9.47 Å². The number of anilines is 1. The number of para-hydroxylation sites is 1. The summed E-state index contributed by atoms with van der Waals surface area (Å²) in [7, 11) is 0. The molecular weight excluding hydrogens is 544 g/mol. The minimum atomic E-state index is -0.544. The summed E-state index contributed by atoms with van der Waals surface area (Å²) >= 11 is 0. The van der Waals surface area contributed by atoms with Gasteiger partial charge in [-0.2, -0.15) is 0 Å². The van der Waals surface area contributed by atoms with Crippen LogP contribution in [0.15, 0.2) is 79.4 Å². The topological polar surface area (TPSA) is 111 Å². The summed E-state index contributed by atoms with van der Waals surface area (Å²) in [5.74, 6) is 0.853. The van der Waals surface area contributed by atoms with E-state index in [-0.39, 0.29) is 17.6 Å². The van der Waals surface area contributed by atoms with Gasteiger partial charge in [0, 0.05) is 49.0 Å². The molecule has 2 aromatic heterocycles. The molecule has 2 N–H and O–H groups in total. The van der Waals surface area contributed by atoms with Crippen molar-refractivity contribution < 1.29 is 19.1 Å². The van der Waals surface area contributed by atoms with Gasteiger partial charge in [0.1, 0.15) is 22.8 Å². The smallest absolute Gasteiger partial charge is 0.407 e. The Hall–Kier alpha value is -4.70. The fourth-order valence-electron chi connectivity index (χ4n) is 5.02. The van der Waals surface area contributed by atoms with E-state index >= 15 is 0 Å². The lowest BCUT2D eigenvalue weighted by Crippen LogP contribution is -2.48. The Morgan fingerprint density at radius 2 is 1.84 bits per heavy atom. The zero-order valence-electron chi connectivity index (χ0n) is 25.0. The molecule has 0 spiro atoms. The Bertz CT molecular complexity index is 1560. The first-order valence-corrected chi connectivity index (χ1v) is 14.5. The van der Waals surface area contributed by atoms with Crippen molar-refractivity contribution in [3.05, 3.63) is 96.3 Å². The minimum Gasteiger partial charge on any atom is -0.457 e. The molecule has 3 heterocycles. The third kappa shape index (κ3) is 8.65. The standard InChI is InChI=1S/C33H38N6O4/c1-23-19-39(22-35-23)27-16-24(20-38-14-8-9-25(21-38)37-32(41)43-33(2,3)4)15-26(17-27)36-31(40)30-18-29(12-13-34-30)42-28-10-6-5-7-11-28/h5-7,10-13,15-19,22,25H,8-9,14,20-21H2,1-4H3,(H,36,40)(H,37,41)/t25-/m0/s1. The fraction of sp³-hybridized carbons (Fsp3) is 0.333. The summed E-state index contributed by atoms with van der Waals surface area (Å²) in [6.07, 6.45) is 6.71. The lowest BCUT2D eigenvalue weighted by Gasteiger charge is -2.33.